The van der Waals surface area contributed by atoms with Crippen LogP contribution in [0.15, 0.2) is 12.7 Å². The van der Waals surface area contributed by atoms with Crippen LogP contribution in [0.2, 0.25) is 0 Å². The van der Waals surface area contributed by atoms with Gasteiger partial charge in [-0.15, -0.1) is 12.5 Å². The summed E-state index contributed by atoms with van der Waals surface area (Å²) in [5, 5.41) is 11.2. The van der Waals surface area contributed by atoms with E-state index >= 15 is 0 Å². The van der Waals surface area contributed by atoms with Gasteiger partial charge in [-0.2, -0.15) is 0 Å². The summed E-state index contributed by atoms with van der Waals surface area (Å²) in [6.45, 7) is 5.44. The molecule has 0 bridgehead atoms. The molecule has 0 amide bonds. The molecule has 0 saturated heterocycles. The zero-order valence-electron chi connectivity index (χ0n) is 6.42. The second-order valence-electron chi connectivity index (χ2n) is 1.86. The Morgan fingerprint density at radius 1 is 1.91 bits per heavy atom. The molecule has 3 heteroatoms. The van der Waals surface area contributed by atoms with Crippen molar-refractivity contribution in [3.05, 3.63) is 12.7 Å². The van der Waals surface area contributed by atoms with Crippen LogP contribution in [-0.4, -0.2) is 23.7 Å². The van der Waals surface area contributed by atoms with Gasteiger partial charge < -0.3 is 5.11 Å². The Kier molecular flexibility index (Phi) is 4.87. The van der Waals surface area contributed by atoms with Crippen LogP contribution in [0.4, 0.5) is 0 Å². The number of rotatable bonds is 4. The van der Waals surface area contributed by atoms with Gasteiger partial charge in [-0.3, -0.25) is 10.1 Å². The van der Waals surface area contributed by atoms with E-state index in [0.717, 1.165) is 0 Å². The van der Waals surface area contributed by atoms with Gasteiger partial charge in [0.05, 0.1) is 6.54 Å². The monoisotopic (exact) mass is 153 g/mol. The third kappa shape index (κ3) is 4.18. The molecular weight excluding hydrogens is 142 g/mol. The van der Waals surface area contributed by atoms with Crippen molar-refractivity contribution in [2.45, 2.75) is 13.0 Å². The maximum Gasteiger partial charge on any atom is 0.324 e. The maximum atomic E-state index is 10.3. The number of carboxylic acid groups (broad SMARTS) is 1. The summed E-state index contributed by atoms with van der Waals surface area (Å²) >= 11 is 0. The van der Waals surface area contributed by atoms with Crippen LogP contribution >= 0.6 is 0 Å². The van der Waals surface area contributed by atoms with E-state index in [1.165, 1.54) is 6.08 Å². The van der Waals surface area contributed by atoms with E-state index < -0.39 is 12.0 Å². The molecule has 0 aliphatic rings. The van der Waals surface area contributed by atoms with E-state index in [1.807, 2.05) is 0 Å². The molecule has 0 aromatic heterocycles. The summed E-state index contributed by atoms with van der Waals surface area (Å²) in [6, 6.07) is -0.698. The Hall–Kier alpha value is -1.27. The second kappa shape index (κ2) is 5.51. The fourth-order valence-electron chi connectivity index (χ4n) is 0.521. The van der Waals surface area contributed by atoms with Crippen molar-refractivity contribution < 1.29 is 9.90 Å². The van der Waals surface area contributed by atoms with Gasteiger partial charge in [-0.25, -0.2) is 0 Å². The number of nitrogens with one attached hydrogen (secondary N) is 1. The molecule has 0 heterocycles. The predicted molar refractivity (Wildman–Crippen MR) is 43.1 cm³/mol. The molecule has 0 aromatic carbocycles. The topological polar surface area (TPSA) is 49.3 Å². The Bertz CT molecular complexity index is 200. The summed E-state index contributed by atoms with van der Waals surface area (Å²) in [6.07, 6.45) is 1.33. The highest BCUT2D eigenvalue weighted by atomic mass is 16.4. The van der Waals surface area contributed by atoms with E-state index in [2.05, 4.69) is 23.7 Å². The zero-order valence-corrected chi connectivity index (χ0v) is 6.42. The fraction of sp³-hybridized carbons (Fsp3) is 0.375. The Morgan fingerprint density at radius 3 is 2.91 bits per heavy atom. The summed E-state index contributed by atoms with van der Waals surface area (Å²) in [4.78, 5) is 10.3. The van der Waals surface area contributed by atoms with E-state index in [4.69, 9.17) is 5.11 Å². The number of aliphatic carboxylic acids is 1. The van der Waals surface area contributed by atoms with Gasteiger partial charge in [-0.1, -0.05) is 12.0 Å². The summed E-state index contributed by atoms with van der Waals surface area (Å²) in [5.41, 5.74) is 0. The molecule has 11 heavy (non-hydrogen) atoms. The van der Waals surface area contributed by atoms with Crippen molar-refractivity contribution in [1.82, 2.24) is 5.32 Å². The van der Waals surface area contributed by atoms with Gasteiger partial charge in [-0.05, 0) is 6.92 Å². The van der Waals surface area contributed by atoms with Gasteiger partial charge >= 0.3 is 5.97 Å². The largest absolute Gasteiger partial charge is 0.480 e. The molecular formula is C8H11NO2. The first-order valence-corrected chi connectivity index (χ1v) is 3.20. The van der Waals surface area contributed by atoms with E-state index in [9.17, 15) is 4.79 Å². The first-order valence-electron chi connectivity index (χ1n) is 3.20. The lowest BCUT2D eigenvalue weighted by molar-refractivity contribution is -0.138. The Labute approximate surface area is 66.1 Å². The molecule has 0 aliphatic heterocycles. The molecule has 1 unspecified atom stereocenters. The van der Waals surface area contributed by atoms with Crippen LogP contribution in [0.1, 0.15) is 6.92 Å². The SMILES string of the molecule is C=CC(NCC#CC)C(=O)O. The molecule has 0 radical (unpaired) electrons. The van der Waals surface area contributed by atoms with Crippen molar-refractivity contribution in [3.8, 4) is 11.8 Å². The lowest BCUT2D eigenvalue weighted by Crippen LogP contribution is -2.34. The van der Waals surface area contributed by atoms with Crippen LogP contribution in [0.3, 0.4) is 0 Å². The van der Waals surface area contributed by atoms with Gasteiger partial charge in [0.1, 0.15) is 6.04 Å². The summed E-state index contributed by atoms with van der Waals surface area (Å²) < 4.78 is 0. The standard InChI is InChI=1S/C8H11NO2/c1-3-5-6-9-7(4-2)8(10)11/h4,7,9H,2,6H2,1H3,(H,10,11). The first-order chi connectivity index (χ1) is 5.22. The molecule has 60 valence electrons. The molecule has 0 aromatic rings. The highest BCUT2D eigenvalue weighted by molar-refractivity contribution is 5.75. The normalized spacial score (nSPS) is 11.0. The fourth-order valence-corrected chi connectivity index (χ4v) is 0.521. The third-order valence-electron chi connectivity index (χ3n) is 1.09. The van der Waals surface area contributed by atoms with Gasteiger partial charge in [0.15, 0.2) is 0 Å². The highest BCUT2D eigenvalue weighted by Gasteiger charge is 2.09. The van der Waals surface area contributed by atoms with Crippen molar-refractivity contribution in [2.75, 3.05) is 6.54 Å². The van der Waals surface area contributed by atoms with E-state index in [0.29, 0.717) is 6.54 Å². The van der Waals surface area contributed by atoms with Crippen LogP contribution in [0, 0.1) is 11.8 Å². The molecule has 0 aliphatic carbocycles. The van der Waals surface area contributed by atoms with E-state index in [1.54, 1.807) is 6.92 Å². The van der Waals surface area contributed by atoms with Gasteiger partial charge in [0.2, 0.25) is 0 Å². The first kappa shape index (κ1) is 9.73. The lowest BCUT2D eigenvalue weighted by Gasteiger charge is -2.05. The molecule has 0 rings (SSSR count). The minimum absolute atomic E-state index is 0.374. The number of carbonyl (C=O) groups is 1. The van der Waals surface area contributed by atoms with Crippen molar-refractivity contribution >= 4 is 5.97 Å². The van der Waals surface area contributed by atoms with Crippen molar-refractivity contribution in [3.63, 3.8) is 0 Å². The Balaban J connectivity index is 3.76. The predicted octanol–water partition coefficient (Wildman–Crippen LogP) is 0.238. The third-order valence-corrected chi connectivity index (χ3v) is 1.09. The smallest absolute Gasteiger partial charge is 0.324 e. The summed E-state index contributed by atoms with van der Waals surface area (Å²) in [5.74, 6) is 4.41. The van der Waals surface area contributed by atoms with Crippen molar-refractivity contribution in [2.24, 2.45) is 0 Å². The second-order valence-corrected chi connectivity index (χ2v) is 1.86. The molecule has 2 N–H and O–H groups in total. The zero-order chi connectivity index (χ0) is 8.69. The van der Waals surface area contributed by atoms with Crippen LogP contribution in [0.5, 0.6) is 0 Å². The maximum absolute atomic E-state index is 10.3. The van der Waals surface area contributed by atoms with Crippen LogP contribution in [-0.2, 0) is 4.79 Å². The average Bonchev–Trinajstić information content (AvgIpc) is 1.97. The average molecular weight is 153 g/mol. The minimum atomic E-state index is -0.932. The minimum Gasteiger partial charge on any atom is -0.480 e. The number of hydrogen-bond acceptors (Lipinski definition) is 2. The molecule has 3 nitrogen and oxygen atoms in total. The number of hydrogen-bond donors (Lipinski definition) is 2. The van der Waals surface area contributed by atoms with Crippen LogP contribution in [0.25, 0.3) is 0 Å². The van der Waals surface area contributed by atoms with E-state index in [-0.39, 0.29) is 0 Å². The quantitative estimate of drug-likeness (QED) is 0.449. The van der Waals surface area contributed by atoms with Gasteiger partial charge in [0.25, 0.3) is 0 Å². The number of carboxylic acids is 1. The van der Waals surface area contributed by atoms with Gasteiger partial charge in [0, 0.05) is 0 Å². The van der Waals surface area contributed by atoms with Crippen molar-refractivity contribution in [1.29, 1.82) is 0 Å². The highest BCUT2D eigenvalue weighted by Crippen LogP contribution is 1.82. The van der Waals surface area contributed by atoms with Crippen LogP contribution < -0.4 is 5.32 Å². The molecule has 0 spiro atoms. The summed E-state index contributed by atoms with van der Waals surface area (Å²) in [7, 11) is 0. The lowest BCUT2D eigenvalue weighted by atomic mass is 10.3. The Morgan fingerprint density at radius 2 is 2.55 bits per heavy atom. The molecule has 0 fully saturated rings. The molecule has 1 atom stereocenters. The molecule has 0 saturated carbocycles.